The number of nitrogens with zero attached hydrogens (tertiary/aromatic N) is 2. The van der Waals surface area contributed by atoms with Gasteiger partial charge in [0.1, 0.15) is 18.2 Å². The van der Waals surface area contributed by atoms with Gasteiger partial charge in [0.2, 0.25) is 5.91 Å². The first-order chi connectivity index (χ1) is 12.0. The molecule has 0 saturated carbocycles. The van der Waals surface area contributed by atoms with E-state index in [-0.39, 0.29) is 5.91 Å². The molecule has 0 atom stereocenters. The maximum Gasteiger partial charge on any atom is 0.217 e. The lowest BCUT2D eigenvalue weighted by Gasteiger charge is -2.12. The van der Waals surface area contributed by atoms with Crippen LogP contribution in [-0.2, 0) is 17.9 Å². The van der Waals surface area contributed by atoms with Gasteiger partial charge in [-0.25, -0.2) is 4.98 Å². The van der Waals surface area contributed by atoms with Gasteiger partial charge in [0.15, 0.2) is 0 Å². The normalized spacial score (nSPS) is 10.8. The van der Waals surface area contributed by atoms with E-state index >= 15 is 0 Å². The number of aryl methyl sites for hydroxylation is 2. The molecule has 5 heteroatoms. The Morgan fingerprint density at radius 3 is 2.72 bits per heavy atom. The van der Waals surface area contributed by atoms with Crippen molar-refractivity contribution in [3.8, 4) is 5.75 Å². The number of para-hydroxylation sites is 2. The molecule has 0 saturated heterocycles. The smallest absolute Gasteiger partial charge is 0.217 e. The number of carbonyl (C=O) groups is 1. The zero-order valence-corrected chi connectivity index (χ0v) is 14.9. The van der Waals surface area contributed by atoms with E-state index in [0.717, 1.165) is 22.6 Å². The quantitative estimate of drug-likeness (QED) is 0.750. The zero-order chi connectivity index (χ0) is 17.8. The molecule has 0 bridgehead atoms. The Morgan fingerprint density at radius 2 is 1.96 bits per heavy atom. The fourth-order valence-corrected chi connectivity index (χ4v) is 2.77. The summed E-state index contributed by atoms with van der Waals surface area (Å²) >= 11 is 0. The van der Waals surface area contributed by atoms with Crippen LogP contribution in [0.5, 0.6) is 5.75 Å². The van der Waals surface area contributed by atoms with E-state index in [9.17, 15) is 4.79 Å². The molecule has 0 fully saturated rings. The Kier molecular flexibility index (Phi) is 5.03. The van der Waals surface area contributed by atoms with Crippen molar-refractivity contribution in [3.63, 3.8) is 0 Å². The van der Waals surface area contributed by atoms with Crippen molar-refractivity contribution >= 4 is 16.9 Å². The fourth-order valence-electron chi connectivity index (χ4n) is 2.77. The molecule has 130 valence electrons. The molecule has 0 aliphatic carbocycles. The predicted octanol–water partition coefficient (Wildman–Crippen LogP) is 3.37. The van der Waals surface area contributed by atoms with E-state index in [0.29, 0.717) is 19.7 Å². The maximum absolute atomic E-state index is 11.2. The lowest BCUT2D eigenvalue weighted by Crippen LogP contribution is -2.22. The topological polar surface area (TPSA) is 56.2 Å². The van der Waals surface area contributed by atoms with Gasteiger partial charge in [-0.05, 0) is 49.2 Å². The van der Waals surface area contributed by atoms with Crippen LogP contribution in [0.15, 0.2) is 42.5 Å². The number of carbonyl (C=O) groups excluding carboxylic acids is 1. The number of aromatic nitrogens is 2. The molecule has 0 aliphatic heterocycles. The summed E-state index contributed by atoms with van der Waals surface area (Å²) in [6, 6.07) is 14.1. The van der Waals surface area contributed by atoms with Crippen LogP contribution < -0.4 is 10.1 Å². The fraction of sp³-hybridized carbons (Fsp3) is 0.300. The molecule has 1 aromatic heterocycles. The SMILES string of the molecule is CC(=O)NCc1nc2ccccc2n1CCOc1ccc(C)c(C)c1. The molecule has 1 amide bonds. The van der Waals surface area contributed by atoms with Crippen molar-refractivity contribution in [2.45, 2.75) is 33.9 Å². The number of rotatable bonds is 6. The van der Waals surface area contributed by atoms with Gasteiger partial charge in [0.05, 0.1) is 24.1 Å². The Hall–Kier alpha value is -2.82. The van der Waals surface area contributed by atoms with E-state index in [1.54, 1.807) is 0 Å². The average Bonchev–Trinajstić information content (AvgIpc) is 2.94. The van der Waals surface area contributed by atoms with E-state index in [1.165, 1.54) is 18.1 Å². The summed E-state index contributed by atoms with van der Waals surface area (Å²) in [5.41, 5.74) is 4.45. The van der Waals surface area contributed by atoms with Crippen molar-refractivity contribution in [1.82, 2.24) is 14.9 Å². The van der Waals surface area contributed by atoms with Gasteiger partial charge in [-0.2, -0.15) is 0 Å². The van der Waals surface area contributed by atoms with Crippen LogP contribution in [0.1, 0.15) is 23.9 Å². The van der Waals surface area contributed by atoms with E-state index < -0.39 is 0 Å². The number of imidazole rings is 1. The van der Waals surface area contributed by atoms with Gasteiger partial charge in [-0.3, -0.25) is 4.79 Å². The minimum Gasteiger partial charge on any atom is -0.492 e. The number of amides is 1. The molecule has 1 heterocycles. The van der Waals surface area contributed by atoms with E-state index in [4.69, 9.17) is 4.74 Å². The first-order valence-electron chi connectivity index (χ1n) is 8.43. The van der Waals surface area contributed by atoms with Crippen LogP contribution >= 0.6 is 0 Å². The standard InChI is InChI=1S/C20H23N3O2/c1-14-8-9-17(12-15(14)2)25-11-10-23-19-7-5-4-6-18(19)22-20(23)13-21-16(3)24/h4-9,12H,10-11,13H2,1-3H3,(H,21,24). The van der Waals surface area contributed by atoms with Gasteiger partial charge < -0.3 is 14.6 Å². The molecule has 1 N–H and O–H groups in total. The molecule has 5 nitrogen and oxygen atoms in total. The number of hydrogen-bond acceptors (Lipinski definition) is 3. The number of nitrogens with one attached hydrogen (secondary N) is 1. The third-order valence-electron chi connectivity index (χ3n) is 4.29. The van der Waals surface area contributed by atoms with Crippen LogP contribution in [-0.4, -0.2) is 22.1 Å². The lowest BCUT2D eigenvalue weighted by atomic mass is 10.1. The van der Waals surface area contributed by atoms with Crippen LogP contribution in [0.2, 0.25) is 0 Å². The Balaban J connectivity index is 1.75. The summed E-state index contributed by atoms with van der Waals surface area (Å²) in [4.78, 5) is 15.9. The second-order valence-corrected chi connectivity index (χ2v) is 6.17. The molecule has 3 aromatic rings. The molecular formula is C20H23N3O2. The van der Waals surface area contributed by atoms with Crippen LogP contribution in [0, 0.1) is 13.8 Å². The van der Waals surface area contributed by atoms with Crippen LogP contribution in [0.3, 0.4) is 0 Å². The second-order valence-electron chi connectivity index (χ2n) is 6.17. The van der Waals surface area contributed by atoms with Crippen molar-refractivity contribution in [1.29, 1.82) is 0 Å². The lowest BCUT2D eigenvalue weighted by molar-refractivity contribution is -0.119. The molecule has 2 aromatic carbocycles. The molecule has 0 unspecified atom stereocenters. The summed E-state index contributed by atoms with van der Waals surface area (Å²) in [5, 5.41) is 2.82. The highest BCUT2D eigenvalue weighted by Crippen LogP contribution is 2.18. The highest BCUT2D eigenvalue weighted by molar-refractivity contribution is 5.76. The first kappa shape index (κ1) is 17.0. The Morgan fingerprint density at radius 1 is 1.16 bits per heavy atom. The van der Waals surface area contributed by atoms with Crippen molar-refractivity contribution in [3.05, 3.63) is 59.4 Å². The van der Waals surface area contributed by atoms with Gasteiger partial charge in [0, 0.05) is 6.92 Å². The summed E-state index contributed by atoms with van der Waals surface area (Å²) in [5.74, 6) is 1.64. The van der Waals surface area contributed by atoms with Gasteiger partial charge >= 0.3 is 0 Å². The van der Waals surface area contributed by atoms with Crippen molar-refractivity contribution < 1.29 is 9.53 Å². The molecule has 0 radical (unpaired) electrons. The van der Waals surface area contributed by atoms with E-state index in [1.807, 2.05) is 30.3 Å². The Bertz CT molecular complexity index is 899. The van der Waals surface area contributed by atoms with Crippen LogP contribution in [0.25, 0.3) is 11.0 Å². The first-order valence-corrected chi connectivity index (χ1v) is 8.43. The molecule has 0 aliphatic rings. The molecule has 0 spiro atoms. The second kappa shape index (κ2) is 7.38. The van der Waals surface area contributed by atoms with Crippen LogP contribution in [0.4, 0.5) is 0 Å². The average molecular weight is 337 g/mol. The molecule has 3 rings (SSSR count). The van der Waals surface area contributed by atoms with E-state index in [2.05, 4.69) is 40.8 Å². The highest BCUT2D eigenvalue weighted by Gasteiger charge is 2.10. The third kappa shape index (κ3) is 3.99. The number of benzene rings is 2. The Labute approximate surface area is 147 Å². The largest absolute Gasteiger partial charge is 0.492 e. The predicted molar refractivity (Wildman–Crippen MR) is 98.7 cm³/mol. The molecular weight excluding hydrogens is 314 g/mol. The number of hydrogen-bond donors (Lipinski definition) is 1. The zero-order valence-electron chi connectivity index (χ0n) is 14.9. The van der Waals surface area contributed by atoms with Crippen molar-refractivity contribution in [2.24, 2.45) is 0 Å². The summed E-state index contributed by atoms with van der Waals surface area (Å²) < 4.78 is 8.01. The minimum absolute atomic E-state index is 0.0648. The third-order valence-corrected chi connectivity index (χ3v) is 4.29. The summed E-state index contributed by atoms with van der Waals surface area (Å²) in [7, 11) is 0. The van der Waals surface area contributed by atoms with Crippen molar-refractivity contribution in [2.75, 3.05) is 6.61 Å². The minimum atomic E-state index is -0.0648. The maximum atomic E-state index is 11.2. The van der Waals surface area contributed by atoms with Gasteiger partial charge in [0.25, 0.3) is 0 Å². The van der Waals surface area contributed by atoms with Gasteiger partial charge in [-0.15, -0.1) is 0 Å². The number of fused-ring (bicyclic) bond motifs is 1. The summed E-state index contributed by atoms with van der Waals surface area (Å²) in [6.45, 7) is 7.30. The molecule has 25 heavy (non-hydrogen) atoms. The highest BCUT2D eigenvalue weighted by atomic mass is 16.5. The monoisotopic (exact) mass is 337 g/mol. The van der Waals surface area contributed by atoms with Gasteiger partial charge in [-0.1, -0.05) is 18.2 Å². The number of ether oxygens (including phenoxy) is 1. The summed E-state index contributed by atoms with van der Waals surface area (Å²) in [6.07, 6.45) is 0.